The normalized spacial score (nSPS) is 24.8. The number of carbonyl (C=O) groups excluding carboxylic acids is 2. The number of aromatic carboxylic acids is 2. The molecule has 0 aromatic heterocycles. The van der Waals surface area contributed by atoms with Crippen molar-refractivity contribution in [3.8, 4) is 0 Å². The standard InChI is InChI=1S/C26H27F3N2O3.C25H27F3N2O3/c27-26(28,29)20-7-1-16(2-8-20)15-31-21-11-5-17(6-12-21)22(31)23(32)30-25(13-14-25)19-9-3-18(4-10-19)24(33)34;1-15(17-4-6-19(7-5-17)24(32)33)29-23(31)22-18-8-12-21(13-9-18)30(22)14-16-2-10-20(11-3-16)25(26,27)28/h1-4,7-10,17,21-22H,5-6,11-15H2,(H,30,32)(H,33,34);2-7,10-11,15,18,21-22H,8-9,12-14H2,1H3,(H,29,31)(H,32,33)/t;15-,18?,21?,22?/m.0/s1. The summed E-state index contributed by atoms with van der Waals surface area (Å²) in [6.45, 7) is 2.73. The maximum Gasteiger partial charge on any atom is 0.416 e. The van der Waals surface area contributed by atoms with Crippen molar-refractivity contribution in [1.29, 1.82) is 0 Å². The van der Waals surface area contributed by atoms with Gasteiger partial charge < -0.3 is 20.8 Å². The molecule has 3 saturated carbocycles. The van der Waals surface area contributed by atoms with Gasteiger partial charge in [-0.15, -0.1) is 0 Å². The van der Waals surface area contributed by atoms with Gasteiger partial charge in [0.2, 0.25) is 11.8 Å². The third kappa shape index (κ3) is 10.7. The van der Waals surface area contributed by atoms with Crippen LogP contribution >= 0.6 is 0 Å². The van der Waals surface area contributed by atoms with Gasteiger partial charge in [0.25, 0.3) is 0 Å². The van der Waals surface area contributed by atoms with Gasteiger partial charge in [-0.2, -0.15) is 26.3 Å². The molecule has 4 aromatic rings. The van der Waals surface area contributed by atoms with Crippen LogP contribution in [0.15, 0.2) is 97.1 Å². The molecule has 4 aliphatic heterocycles. The third-order valence-corrected chi connectivity index (χ3v) is 14.7. The molecule has 3 atom stereocenters. The number of carboxylic acid groups (broad SMARTS) is 2. The van der Waals surface area contributed by atoms with Crippen LogP contribution in [0.2, 0.25) is 0 Å². The first kappa shape index (κ1) is 47.7. The highest BCUT2D eigenvalue weighted by molar-refractivity contribution is 5.88. The highest BCUT2D eigenvalue weighted by Gasteiger charge is 2.51. The molecule has 11 rings (SSSR count). The Hall–Kier alpha value is -5.74. The van der Waals surface area contributed by atoms with Crippen molar-refractivity contribution in [2.75, 3.05) is 0 Å². The smallest absolute Gasteiger partial charge is 0.416 e. The van der Waals surface area contributed by atoms with Crippen molar-refractivity contribution in [3.63, 3.8) is 0 Å². The van der Waals surface area contributed by atoms with E-state index >= 15 is 0 Å². The molecule has 10 nitrogen and oxygen atoms in total. The number of nitrogens with zero attached hydrogens (tertiary/aromatic N) is 2. The highest BCUT2D eigenvalue weighted by Crippen LogP contribution is 2.47. The van der Waals surface area contributed by atoms with Gasteiger partial charge in [0.05, 0.1) is 45.9 Å². The minimum absolute atomic E-state index is 0.0406. The maximum atomic E-state index is 13.6. The molecular weight excluding hydrogens is 879 g/mol. The van der Waals surface area contributed by atoms with E-state index in [0.29, 0.717) is 13.1 Å². The first-order chi connectivity index (χ1) is 31.8. The highest BCUT2D eigenvalue weighted by atomic mass is 19.4. The van der Waals surface area contributed by atoms with Gasteiger partial charge in [-0.3, -0.25) is 19.4 Å². The number of amides is 2. The number of carboxylic acids is 2. The van der Waals surface area contributed by atoms with Crippen LogP contribution in [0.1, 0.15) is 131 Å². The zero-order chi connectivity index (χ0) is 47.8. The van der Waals surface area contributed by atoms with E-state index in [1.807, 2.05) is 6.92 Å². The lowest BCUT2D eigenvalue weighted by Crippen LogP contribution is -2.61. The number of rotatable bonds is 12. The van der Waals surface area contributed by atoms with Gasteiger partial charge in [0, 0.05) is 25.2 Å². The third-order valence-electron chi connectivity index (χ3n) is 14.7. The average molecular weight is 933 g/mol. The van der Waals surface area contributed by atoms with E-state index in [-0.39, 0.29) is 65.0 Å². The molecule has 16 heteroatoms. The molecule has 0 radical (unpaired) electrons. The molecule has 7 fully saturated rings. The molecule has 4 saturated heterocycles. The van der Waals surface area contributed by atoms with Crippen LogP contribution in [-0.4, -0.2) is 67.9 Å². The predicted molar refractivity (Wildman–Crippen MR) is 235 cm³/mol. The zero-order valence-corrected chi connectivity index (χ0v) is 37.0. The van der Waals surface area contributed by atoms with Crippen LogP contribution in [-0.2, 0) is 40.6 Å². The topological polar surface area (TPSA) is 139 Å². The largest absolute Gasteiger partial charge is 0.478 e. The zero-order valence-electron chi connectivity index (χ0n) is 37.0. The van der Waals surface area contributed by atoms with E-state index in [4.69, 9.17) is 10.2 Å². The molecule has 4 bridgehead atoms. The average Bonchev–Trinajstić information content (AvgIpc) is 4.10. The van der Waals surface area contributed by atoms with Crippen LogP contribution in [0.3, 0.4) is 0 Å². The number of hydrogen-bond acceptors (Lipinski definition) is 6. The SMILES string of the molecule is C[C@H](NC(=O)C1C2CCC(CC2)N1Cc1ccc(C(F)(F)F)cc1)c1ccc(C(=O)O)cc1.O=C(O)c1ccc(C2(NC(=O)C3C4CCC(CC4)N3Cc3ccc(C(F)(F)F)cc3)CC2)cc1. The van der Waals surface area contributed by atoms with Gasteiger partial charge in [-0.05, 0) is 154 Å². The number of alkyl halides is 6. The van der Waals surface area contributed by atoms with Crippen molar-refractivity contribution in [2.45, 2.75) is 132 Å². The number of fused-ring (bicyclic) bond motifs is 6. The van der Waals surface area contributed by atoms with E-state index in [1.165, 1.54) is 36.4 Å². The number of halogens is 6. The van der Waals surface area contributed by atoms with E-state index < -0.39 is 41.0 Å². The lowest BCUT2D eigenvalue weighted by molar-refractivity contribution is -0.138. The van der Waals surface area contributed by atoms with Crippen LogP contribution in [0.25, 0.3) is 0 Å². The van der Waals surface area contributed by atoms with Gasteiger partial charge >= 0.3 is 24.3 Å². The second-order valence-corrected chi connectivity index (χ2v) is 18.9. The number of benzene rings is 4. The molecule has 4 aromatic carbocycles. The van der Waals surface area contributed by atoms with Crippen LogP contribution < -0.4 is 10.6 Å². The fourth-order valence-electron chi connectivity index (χ4n) is 10.8. The quantitative estimate of drug-likeness (QED) is 0.103. The lowest BCUT2D eigenvalue weighted by atomic mass is 9.74. The van der Waals surface area contributed by atoms with E-state index in [9.17, 15) is 45.5 Å². The second-order valence-electron chi connectivity index (χ2n) is 18.9. The Bertz CT molecular complexity index is 2410. The summed E-state index contributed by atoms with van der Waals surface area (Å²) in [6, 6.07) is 23.0. The predicted octanol–water partition coefficient (Wildman–Crippen LogP) is 9.98. The van der Waals surface area contributed by atoms with Crippen molar-refractivity contribution in [1.82, 2.24) is 20.4 Å². The molecule has 2 amide bonds. The molecule has 4 heterocycles. The minimum Gasteiger partial charge on any atom is -0.478 e. The number of nitrogens with one attached hydrogen (secondary N) is 2. The Kier molecular flexibility index (Phi) is 13.6. The fraction of sp³-hybridized carbons (Fsp3) is 0.451. The molecule has 7 aliphatic rings. The number of piperidine rings is 4. The van der Waals surface area contributed by atoms with Gasteiger partial charge in [-0.25, -0.2) is 9.59 Å². The Morgan fingerprint density at radius 3 is 1.34 bits per heavy atom. The summed E-state index contributed by atoms with van der Waals surface area (Å²) >= 11 is 0. The Balaban J connectivity index is 0.000000182. The first-order valence-corrected chi connectivity index (χ1v) is 22.9. The summed E-state index contributed by atoms with van der Waals surface area (Å²) in [4.78, 5) is 53.5. The van der Waals surface area contributed by atoms with E-state index in [0.717, 1.165) is 111 Å². The van der Waals surface area contributed by atoms with E-state index in [2.05, 4.69) is 20.4 Å². The molecule has 67 heavy (non-hydrogen) atoms. The molecular formula is C51H54F6N4O6. The molecule has 0 spiro atoms. The van der Waals surface area contributed by atoms with Crippen molar-refractivity contribution in [2.24, 2.45) is 11.8 Å². The van der Waals surface area contributed by atoms with Crippen LogP contribution in [0.5, 0.6) is 0 Å². The summed E-state index contributed by atoms with van der Waals surface area (Å²) < 4.78 is 77.5. The molecule has 4 N–H and O–H groups in total. The van der Waals surface area contributed by atoms with Crippen LogP contribution in [0.4, 0.5) is 26.3 Å². The maximum absolute atomic E-state index is 13.6. The lowest BCUT2D eigenvalue weighted by Gasteiger charge is -2.51. The van der Waals surface area contributed by atoms with Crippen molar-refractivity contribution >= 4 is 23.8 Å². The molecule has 2 unspecified atom stereocenters. The second kappa shape index (κ2) is 19.1. The molecule has 356 valence electrons. The van der Waals surface area contributed by atoms with E-state index in [1.54, 1.807) is 36.4 Å². The minimum atomic E-state index is -4.37. The summed E-state index contributed by atoms with van der Waals surface area (Å²) in [5.74, 6) is -1.68. The summed E-state index contributed by atoms with van der Waals surface area (Å²) in [6.07, 6.45) is 0.712. The summed E-state index contributed by atoms with van der Waals surface area (Å²) in [5.41, 5.74) is 1.81. The van der Waals surface area contributed by atoms with Crippen LogP contribution in [0, 0.1) is 11.8 Å². The monoisotopic (exact) mass is 932 g/mol. The molecule has 3 aliphatic carbocycles. The number of carbonyl (C=O) groups is 4. The van der Waals surface area contributed by atoms with Gasteiger partial charge in [0.1, 0.15) is 0 Å². The Morgan fingerprint density at radius 2 is 0.970 bits per heavy atom. The Morgan fingerprint density at radius 1 is 0.582 bits per heavy atom. The number of hydrogen-bond donors (Lipinski definition) is 4. The van der Waals surface area contributed by atoms with Gasteiger partial charge in [0.15, 0.2) is 0 Å². The fourth-order valence-corrected chi connectivity index (χ4v) is 10.8. The summed E-state index contributed by atoms with van der Waals surface area (Å²) in [7, 11) is 0. The van der Waals surface area contributed by atoms with Gasteiger partial charge in [-0.1, -0.05) is 48.5 Å². The first-order valence-electron chi connectivity index (χ1n) is 22.9. The van der Waals surface area contributed by atoms with Crippen molar-refractivity contribution < 1.29 is 55.7 Å². The van der Waals surface area contributed by atoms with Crippen molar-refractivity contribution in [3.05, 3.63) is 142 Å². The Labute approximate surface area is 384 Å². The summed E-state index contributed by atoms with van der Waals surface area (Å²) in [5, 5.41) is 24.5.